The van der Waals surface area contributed by atoms with Gasteiger partial charge in [0.15, 0.2) is 0 Å². The Bertz CT molecular complexity index is 1370. The van der Waals surface area contributed by atoms with Crippen LogP contribution in [0.4, 0.5) is 0 Å². The second-order valence-corrected chi connectivity index (χ2v) is 8.52. The van der Waals surface area contributed by atoms with Crippen LogP contribution in [0.2, 0.25) is 0 Å². The van der Waals surface area contributed by atoms with Gasteiger partial charge in [0.05, 0.1) is 19.4 Å². The van der Waals surface area contributed by atoms with Gasteiger partial charge in [-0.1, -0.05) is 49.1 Å². The Labute approximate surface area is 216 Å². The molecule has 0 radical (unpaired) electrons. The topological polar surface area (TPSA) is 95.0 Å². The molecule has 1 aliphatic rings. The Morgan fingerprint density at radius 3 is 2.41 bits per heavy atom. The standard InChI is InChI=1S/C30H30N4O3/c1-4-20(2)29-33-26(25-7-5-6-8-27(25)35)17-28(34-29)31-18-21-9-11-22(12-10-21)19-32-30(36)23-13-15-24(37-3)16-14-23/h4-17,33,35H,1,18-19H2,2-3H3,(H,31,34)(H,32,36)/b29-20-. The zero-order valence-corrected chi connectivity index (χ0v) is 20.9. The molecule has 0 aliphatic carbocycles. The molecule has 7 heteroatoms. The lowest BCUT2D eigenvalue weighted by Crippen LogP contribution is -2.36. The van der Waals surface area contributed by atoms with Crippen molar-refractivity contribution in [2.45, 2.75) is 20.0 Å². The van der Waals surface area contributed by atoms with E-state index in [1.54, 1.807) is 49.6 Å². The van der Waals surface area contributed by atoms with Gasteiger partial charge in [0.1, 0.15) is 23.2 Å². The van der Waals surface area contributed by atoms with Gasteiger partial charge in [-0.05, 0) is 60.0 Å². The molecule has 7 nitrogen and oxygen atoms in total. The largest absolute Gasteiger partial charge is 0.507 e. The molecule has 0 aromatic heterocycles. The van der Waals surface area contributed by atoms with E-state index in [1.807, 2.05) is 49.4 Å². The number of carbonyl (C=O) groups excluding carboxylic acids is 1. The molecule has 0 fully saturated rings. The van der Waals surface area contributed by atoms with Crippen LogP contribution in [0.15, 0.2) is 108 Å². The first kappa shape index (κ1) is 25.3. The Kier molecular flexibility index (Phi) is 8.05. The summed E-state index contributed by atoms with van der Waals surface area (Å²) >= 11 is 0. The van der Waals surface area contributed by atoms with Crippen molar-refractivity contribution in [3.8, 4) is 11.5 Å². The highest BCUT2D eigenvalue weighted by Gasteiger charge is 2.16. The first-order chi connectivity index (χ1) is 18.0. The third kappa shape index (κ3) is 6.46. The molecule has 0 bridgehead atoms. The average Bonchev–Trinajstić information content (AvgIpc) is 2.95. The van der Waals surface area contributed by atoms with Crippen LogP contribution in [0.1, 0.15) is 34.0 Å². The molecule has 4 rings (SSSR count). The van der Waals surface area contributed by atoms with Gasteiger partial charge in [0.25, 0.3) is 5.91 Å². The molecule has 0 unspecified atom stereocenters. The summed E-state index contributed by atoms with van der Waals surface area (Å²) in [6.07, 6.45) is 3.63. The Hall–Kier alpha value is -4.78. The number of rotatable bonds is 8. The molecule has 188 valence electrons. The van der Waals surface area contributed by atoms with Crippen molar-refractivity contribution in [2.24, 2.45) is 4.99 Å². The summed E-state index contributed by atoms with van der Waals surface area (Å²) in [4.78, 5) is 17.1. The summed E-state index contributed by atoms with van der Waals surface area (Å²) in [5.74, 6) is 2.19. The zero-order chi connectivity index (χ0) is 26.2. The van der Waals surface area contributed by atoms with Crippen molar-refractivity contribution in [1.29, 1.82) is 0 Å². The number of aromatic hydroxyl groups is 1. The molecule has 0 saturated heterocycles. The van der Waals surface area contributed by atoms with Crippen molar-refractivity contribution in [2.75, 3.05) is 7.11 Å². The van der Waals surface area contributed by atoms with E-state index in [0.29, 0.717) is 35.8 Å². The van der Waals surface area contributed by atoms with E-state index >= 15 is 0 Å². The Morgan fingerprint density at radius 1 is 1.03 bits per heavy atom. The predicted molar refractivity (Wildman–Crippen MR) is 147 cm³/mol. The number of amides is 1. The number of aliphatic imine (C=N–C) groups is 1. The highest BCUT2D eigenvalue weighted by molar-refractivity contribution is 6.02. The molecule has 1 amide bonds. The van der Waals surface area contributed by atoms with E-state index in [-0.39, 0.29) is 11.7 Å². The highest BCUT2D eigenvalue weighted by Crippen LogP contribution is 2.25. The average molecular weight is 495 g/mol. The SMILES string of the molecule is C=C/C(C)=C1/NC(c2ccccc2O)=CC(=NCc2ccc(CNC(=O)c3ccc(OC)cc3)cc2)N1. The molecule has 0 atom stereocenters. The number of methoxy groups -OCH3 is 1. The second-order valence-electron chi connectivity index (χ2n) is 8.52. The molecule has 1 heterocycles. The van der Waals surface area contributed by atoms with Crippen molar-refractivity contribution >= 4 is 17.4 Å². The van der Waals surface area contributed by atoms with Gasteiger partial charge in [-0.2, -0.15) is 0 Å². The van der Waals surface area contributed by atoms with Gasteiger partial charge in [-0.3, -0.25) is 9.79 Å². The Balaban J connectivity index is 1.43. The van der Waals surface area contributed by atoms with Crippen molar-refractivity contribution in [3.05, 3.63) is 125 Å². The molecular formula is C30H30N4O3. The molecule has 0 spiro atoms. The fraction of sp³-hybridized carbons (Fsp3) is 0.133. The van der Waals surface area contributed by atoms with Crippen LogP contribution in [0, 0.1) is 0 Å². The summed E-state index contributed by atoms with van der Waals surface area (Å²) in [5, 5.41) is 19.9. The van der Waals surface area contributed by atoms with Crippen LogP contribution >= 0.6 is 0 Å². The number of nitrogens with zero attached hydrogens (tertiary/aromatic N) is 1. The summed E-state index contributed by atoms with van der Waals surface area (Å²) < 4.78 is 5.13. The number of hydrogen-bond donors (Lipinski definition) is 4. The van der Waals surface area contributed by atoms with Crippen LogP contribution in [0.5, 0.6) is 11.5 Å². The van der Waals surface area contributed by atoms with Gasteiger partial charge in [0, 0.05) is 23.7 Å². The summed E-state index contributed by atoms with van der Waals surface area (Å²) in [6.45, 7) is 6.68. The number of benzene rings is 3. The third-order valence-corrected chi connectivity index (χ3v) is 5.95. The van der Waals surface area contributed by atoms with Gasteiger partial charge in [-0.15, -0.1) is 0 Å². The molecule has 3 aromatic carbocycles. The minimum atomic E-state index is -0.138. The fourth-order valence-electron chi connectivity index (χ4n) is 3.70. The summed E-state index contributed by atoms with van der Waals surface area (Å²) in [7, 11) is 1.59. The molecule has 0 saturated carbocycles. The maximum atomic E-state index is 12.4. The molecule has 1 aliphatic heterocycles. The van der Waals surface area contributed by atoms with Crippen LogP contribution in [-0.4, -0.2) is 24.0 Å². The minimum Gasteiger partial charge on any atom is -0.507 e. The molecular weight excluding hydrogens is 464 g/mol. The number of para-hydroxylation sites is 1. The van der Waals surface area contributed by atoms with Crippen molar-refractivity contribution in [3.63, 3.8) is 0 Å². The first-order valence-electron chi connectivity index (χ1n) is 11.9. The van der Waals surface area contributed by atoms with E-state index < -0.39 is 0 Å². The number of phenolic OH excluding ortho intramolecular Hbond substituents is 1. The first-order valence-corrected chi connectivity index (χ1v) is 11.9. The predicted octanol–water partition coefficient (Wildman–Crippen LogP) is 4.88. The summed E-state index contributed by atoms with van der Waals surface area (Å²) in [6, 6.07) is 22.1. The highest BCUT2D eigenvalue weighted by atomic mass is 16.5. The quantitative estimate of drug-likeness (QED) is 0.358. The molecule has 4 N–H and O–H groups in total. The lowest BCUT2D eigenvalue weighted by Gasteiger charge is -2.24. The van der Waals surface area contributed by atoms with Gasteiger partial charge < -0.3 is 25.8 Å². The maximum absolute atomic E-state index is 12.4. The molecule has 3 aromatic rings. The number of allylic oxidation sites excluding steroid dienone is 2. The second kappa shape index (κ2) is 11.8. The van der Waals surface area contributed by atoms with Crippen LogP contribution in [-0.2, 0) is 13.1 Å². The zero-order valence-electron chi connectivity index (χ0n) is 20.9. The van der Waals surface area contributed by atoms with E-state index in [1.165, 1.54) is 0 Å². The molecule has 37 heavy (non-hydrogen) atoms. The van der Waals surface area contributed by atoms with Gasteiger partial charge >= 0.3 is 0 Å². The van der Waals surface area contributed by atoms with Crippen molar-refractivity contribution < 1.29 is 14.6 Å². The third-order valence-electron chi connectivity index (χ3n) is 5.95. The van der Waals surface area contributed by atoms with Gasteiger partial charge in [0.2, 0.25) is 0 Å². The number of ether oxygens (including phenoxy) is 1. The summed E-state index contributed by atoms with van der Waals surface area (Å²) in [5.41, 5.74) is 4.96. The maximum Gasteiger partial charge on any atom is 0.251 e. The van der Waals surface area contributed by atoms with Crippen LogP contribution in [0.3, 0.4) is 0 Å². The van der Waals surface area contributed by atoms with Crippen LogP contribution in [0.25, 0.3) is 5.70 Å². The van der Waals surface area contributed by atoms with Crippen molar-refractivity contribution in [1.82, 2.24) is 16.0 Å². The number of amidine groups is 1. The lowest BCUT2D eigenvalue weighted by atomic mass is 10.1. The van der Waals surface area contributed by atoms with E-state index in [4.69, 9.17) is 9.73 Å². The number of phenols is 1. The van der Waals surface area contributed by atoms with Crippen LogP contribution < -0.4 is 20.7 Å². The smallest absolute Gasteiger partial charge is 0.251 e. The Morgan fingerprint density at radius 2 is 1.73 bits per heavy atom. The number of nitrogens with one attached hydrogen (secondary N) is 3. The van der Waals surface area contributed by atoms with E-state index in [9.17, 15) is 9.90 Å². The normalized spacial score (nSPS) is 15.2. The van der Waals surface area contributed by atoms with E-state index in [0.717, 1.165) is 28.2 Å². The van der Waals surface area contributed by atoms with E-state index in [2.05, 4.69) is 22.5 Å². The lowest BCUT2D eigenvalue weighted by molar-refractivity contribution is 0.0951. The minimum absolute atomic E-state index is 0.138. The number of carbonyl (C=O) groups is 1. The van der Waals surface area contributed by atoms with Gasteiger partial charge in [-0.25, -0.2) is 0 Å². The number of hydrogen-bond acceptors (Lipinski definition) is 5. The monoisotopic (exact) mass is 494 g/mol. The fourth-order valence-corrected chi connectivity index (χ4v) is 3.70.